The molecule has 0 amide bonds. The number of allylic oxidation sites excluding steroid dienone is 12. The molecule has 0 saturated carbocycles. The Kier molecular flexibility index (Phi) is 45.4. The third-order valence-corrected chi connectivity index (χ3v) is 14.8. The van der Waals surface area contributed by atoms with Crippen molar-refractivity contribution in [3.8, 4) is 0 Å². The first-order chi connectivity index (χ1) is 37.8. The van der Waals surface area contributed by atoms with Crippen LogP contribution in [0.5, 0.6) is 0 Å². The van der Waals surface area contributed by atoms with E-state index in [0.717, 1.165) is 129 Å². The van der Waals surface area contributed by atoms with Gasteiger partial charge >= 0.3 is 23.9 Å². The van der Waals surface area contributed by atoms with E-state index in [9.17, 15) is 19.2 Å². The van der Waals surface area contributed by atoms with Gasteiger partial charge in [-0.25, -0.2) is 0 Å². The first-order valence-electron chi connectivity index (χ1n) is 31.7. The number of carbonyl (C=O) groups excluding carboxylic acids is 4. The lowest BCUT2D eigenvalue weighted by molar-refractivity contribution is -0.180. The molecule has 10 heteroatoms. The van der Waals surface area contributed by atoms with Crippen molar-refractivity contribution >= 4 is 23.9 Å². The molecule has 10 nitrogen and oxygen atoms in total. The van der Waals surface area contributed by atoms with Crippen molar-refractivity contribution in [2.75, 3.05) is 33.4 Å². The summed E-state index contributed by atoms with van der Waals surface area (Å²) < 4.78 is 30.5. The highest BCUT2D eigenvalue weighted by atomic mass is 16.7. The molecule has 0 N–H and O–H groups in total. The summed E-state index contributed by atoms with van der Waals surface area (Å²) in [4.78, 5) is 56.2. The van der Waals surface area contributed by atoms with Gasteiger partial charge in [-0.15, -0.1) is 0 Å². The first-order valence-corrected chi connectivity index (χ1v) is 31.7. The largest absolute Gasteiger partial charge is 0.461 e. The van der Waals surface area contributed by atoms with Gasteiger partial charge in [0.05, 0.1) is 12.5 Å². The second-order valence-electron chi connectivity index (χ2n) is 22.0. The van der Waals surface area contributed by atoms with Crippen LogP contribution in [0.2, 0.25) is 0 Å². The topological polar surface area (TPSA) is 118 Å². The number of piperidine rings is 1. The number of hydrogen-bond donors (Lipinski definition) is 0. The molecule has 2 heterocycles. The normalized spacial score (nSPS) is 18.1. The molecule has 0 aliphatic carbocycles. The molecule has 2 rings (SSSR count). The maximum atomic E-state index is 13.6. The van der Waals surface area contributed by atoms with Gasteiger partial charge < -0.3 is 28.6 Å². The molecule has 0 aromatic heterocycles. The molecule has 0 aromatic rings. The summed E-state index contributed by atoms with van der Waals surface area (Å²) >= 11 is 0. The van der Waals surface area contributed by atoms with Crippen LogP contribution in [0.4, 0.5) is 0 Å². The Bertz CT molecular complexity index is 1640. The number of rotatable bonds is 49. The highest BCUT2D eigenvalue weighted by Crippen LogP contribution is 2.28. The first kappa shape index (κ1) is 69.3. The van der Waals surface area contributed by atoms with Crippen molar-refractivity contribution in [2.45, 2.75) is 289 Å². The van der Waals surface area contributed by atoms with E-state index in [2.05, 4.69) is 98.6 Å². The molecule has 2 fully saturated rings. The maximum Gasteiger partial charge on any atom is 0.309 e. The number of esters is 4. The summed E-state index contributed by atoms with van der Waals surface area (Å²) in [6.07, 6.45) is 60.9. The average molecular weight is 1080 g/mol. The Balaban J connectivity index is 1.99. The number of hydrogen-bond acceptors (Lipinski definition) is 10. The molecule has 2 aliphatic rings. The van der Waals surface area contributed by atoms with Crippen LogP contribution in [-0.2, 0) is 42.9 Å². The quantitative estimate of drug-likeness (QED) is 0.0252. The second kappa shape index (κ2) is 50.5. The third-order valence-electron chi connectivity index (χ3n) is 14.8. The van der Waals surface area contributed by atoms with Gasteiger partial charge in [0.15, 0.2) is 18.3 Å². The van der Waals surface area contributed by atoms with Gasteiger partial charge in [-0.05, 0) is 149 Å². The van der Waals surface area contributed by atoms with Gasteiger partial charge in [0.1, 0.15) is 12.7 Å². The Hall–Kier alpha value is -3.76. The van der Waals surface area contributed by atoms with Gasteiger partial charge in [-0.1, -0.05) is 190 Å². The van der Waals surface area contributed by atoms with Crippen molar-refractivity contribution in [1.29, 1.82) is 0 Å². The molecule has 440 valence electrons. The van der Waals surface area contributed by atoms with Crippen LogP contribution >= 0.6 is 0 Å². The number of carbonyl (C=O) groups is 4. The van der Waals surface area contributed by atoms with E-state index in [0.29, 0.717) is 32.1 Å². The van der Waals surface area contributed by atoms with E-state index < -0.39 is 36.4 Å². The summed E-state index contributed by atoms with van der Waals surface area (Å²) in [5.41, 5.74) is 0. The van der Waals surface area contributed by atoms with Crippen LogP contribution in [0.15, 0.2) is 72.9 Å². The molecule has 2 saturated heterocycles. The van der Waals surface area contributed by atoms with Gasteiger partial charge in [0.25, 0.3) is 0 Å². The highest BCUT2D eigenvalue weighted by molar-refractivity contribution is 5.73. The summed E-state index contributed by atoms with van der Waals surface area (Å²) in [6, 6.07) is 0. The average Bonchev–Trinajstić information content (AvgIpc) is 3.82. The van der Waals surface area contributed by atoms with E-state index >= 15 is 0 Å². The fourth-order valence-electron chi connectivity index (χ4n) is 9.80. The Morgan fingerprint density at radius 2 is 0.831 bits per heavy atom. The lowest BCUT2D eigenvalue weighted by Gasteiger charge is -2.30. The summed E-state index contributed by atoms with van der Waals surface area (Å²) in [6.45, 7) is 8.03. The van der Waals surface area contributed by atoms with E-state index in [-0.39, 0.29) is 50.3 Å². The van der Waals surface area contributed by atoms with Crippen LogP contribution in [0.3, 0.4) is 0 Å². The smallest absolute Gasteiger partial charge is 0.309 e. The molecule has 1 unspecified atom stereocenters. The molecular weight excluding hydrogens is 963 g/mol. The molecule has 2 aliphatic heterocycles. The minimum atomic E-state index is -1.05. The predicted molar refractivity (Wildman–Crippen MR) is 319 cm³/mol. The summed E-state index contributed by atoms with van der Waals surface area (Å²) in [5.74, 6) is -1.79. The van der Waals surface area contributed by atoms with Crippen LogP contribution in [0, 0.1) is 5.92 Å². The summed E-state index contributed by atoms with van der Waals surface area (Å²) in [7, 11) is 2.04. The number of nitrogens with zero attached hydrogens (tertiary/aromatic N) is 1. The van der Waals surface area contributed by atoms with E-state index in [1.165, 1.54) is 77.0 Å². The number of ether oxygens (including phenoxy) is 5. The lowest BCUT2D eigenvalue weighted by Crippen LogP contribution is -2.47. The van der Waals surface area contributed by atoms with E-state index in [1.54, 1.807) is 0 Å². The second-order valence-corrected chi connectivity index (χ2v) is 22.0. The zero-order chi connectivity index (χ0) is 55.5. The molecular formula is C67H113NO9. The molecule has 0 bridgehead atoms. The SMILES string of the molecule is CCCCC/C=C\C/C=C\CCCCCCCC(=O)O[C@H]1COC([C@@H](COC(=O)C2CCN(C)CC2)OC(=O)CCCCCCC/C=C\C/C=C\CCCCC)[C@@H]1OC(=O)CCCCCCC/C=C\C/C=C\CCCCC. The zero-order valence-electron chi connectivity index (χ0n) is 49.6. The Morgan fingerprint density at radius 3 is 1.25 bits per heavy atom. The fraction of sp³-hybridized carbons (Fsp3) is 0.761. The van der Waals surface area contributed by atoms with Gasteiger partial charge in [-0.3, -0.25) is 19.2 Å². The molecule has 0 aromatic carbocycles. The molecule has 4 atom stereocenters. The van der Waals surface area contributed by atoms with Crippen molar-refractivity contribution < 1.29 is 42.9 Å². The maximum absolute atomic E-state index is 13.6. The van der Waals surface area contributed by atoms with Crippen LogP contribution in [0.1, 0.15) is 265 Å². The highest BCUT2D eigenvalue weighted by Gasteiger charge is 2.48. The van der Waals surface area contributed by atoms with Crippen molar-refractivity contribution in [3.63, 3.8) is 0 Å². The third kappa shape index (κ3) is 39.3. The van der Waals surface area contributed by atoms with Crippen molar-refractivity contribution in [3.05, 3.63) is 72.9 Å². The van der Waals surface area contributed by atoms with Gasteiger partial charge in [-0.2, -0.15) is 0 Å². The van der Waals surface area contributed by atoms with Crippen LogP contribution < -0.4 is 0 Å². The van der Waals surface area contributed by atoms with E-state index in [4.69, 9.17) is 23.7 Å². The zero-order valence-corrected chi connectivity index (χ0v) is 49.6. The minimum absolute atomic E-state index is 0.0257. The predicted octanol–water partition coefficient (Wildman–Crippen LogP) is 17.4. The van der Waals surface area contributed by atoms with Crippen molar-refractivity contribution in [2.24, 2.45) is 5.92 Å². The molecule has 77 heavy (non-hydrogen) atoms. The van der Waals surface area contributed by atoms with Crippen LogP contribution in [0.25, 0.3) is 0 Å². The number of unbranched alkanes of at least 4 members (excludes halogenated alkanes) is 24. The van der Waals surface area contributed by atoms with Gasteiger partial charge in [0, 0.05) is 19.3 Å². The van der Waals surface area contributed by atoms with Crippen molar-refractivity contribution in [1.82, 2.24) is 4.90 Å². The van der Waals surface area contributed by atoms with Gasteiger partial charge in [0.2, 0.25) is 0 Å². The Labute approximate surface area is 471 Å². The number of likely N-dealkylation sites (tertiary alicyclic amines) is 1. The molecule has 0 radical (unpaired) electrons. The summed E-state index contributed by atoms with van der Waals surface area (Å²) in [5, 5.41) is 0. The van der Waals surface area contributed by atoms with Crippen LogP contribution in [-0.4, -0.2) is 86.5 Å². The fourth-order valence-corrected chi connectivity index (χ4v) is 9.80. The minimum Gasteiger partial charge on any atom is -0.461 e. The lowest BCUT2D eigenvalue weighted by atomic mass is 9.97. The Morgan fingerprint density at radius 1 is 0.468 bits per heavy atom. The molecule has 0 spiro atoms. The monoisotopic (exact) mass is 1080 g/mol. The van der Waals surface area contributed by atoms with E-state index in [1.807, 2.05) is 7.05 Å². The standard InChI is InChI=1S/C67H113NO9/c1-5-8-11-14-17-20-23-26-29-32-35-38-41-44-47-50-62(69)75-60(58-74-67(72)59-53-55-68(4)56-54-59)65-66(77-64(71)52-49-46-43-40-37-34-31-28-25-22-19-16-13-10-7-3)61(57-73-65)76-63(70)51-48-45-42-39-36-33-30-27-24-21-18-15-12-9-6-2/h17-22,26-31,59-61,65-66H,5-16,23-25,32-58H2,1-4H3/b20-17-,21-18-,22-19-,29-26-,30-27-,31-28-/t60-,61+,65?,66-/m1/s1.